The van der Waals surface area contributed by atoms with Crippen molar-refractivity contribution in [3.8, 4) is 0 Å². The Labute approximate surface area is 170 Å². The van der Waals surface area contributed by atoms with Crippen LogP contribution in [0.1, 0.15) is 11.3 Å². The van der Waals surface area contributed by atoms with E-state index >= 15 is 0 Å². The Bertz CT molecular complexity index is 928. The molecule has 0 fully saturated rings. The topological polar surface area (TPSA) is 74.3 Å². The van der Waals surface area contributed by atoms with Gasteiger partial charge < -0.3 is 15.5 Å². The number of para-hydroxylation sites is 1. The molecular formula is C23H24N4O2. The van der Waals surface area contributed by atoms with Crippen LogP contribution in [0.5, 0.6) is 0 Å². The van der Waals surface area contributed by atoms with E-state index in [9.17, 15) is 9.59 Å². The highest BCUT2D eigenvalue weighted by molar-refractivity contribution is 5.94. The zero-order chi connectivity index (χ0) is 20.5. The maximum absolute atomic E-state index is 12.5. The fourth-order valence-electron chi connectivity index (χ4n) is 2.82. The second-order valence-corrected chi connectivity index (χ2v) is 6.61. The lowest BCUT2D eigenvalue weighted by Gasteiger charge is -2.17. The number of nitrogens with zero attached hydrogens (tertiary/aromatic N) is 2. The Morgan fingerprint density at radius 2 is 1.66 bits per heavy atom. The van der Waals surface area contributed by atoms with Crippen LogP contribution < -0.4 is 15.5 Å². The van der Waals surface area contributed by atoms with Gasteiger partial charge in [0.05, 0.1) is 6.42 Å². The SMILES string of the molecule is CN(C(=O)Cc1ccc(NC(=O)NCCc2ccccn2)cc1)c1ccccc1. The predicted octanol–water partition coefficient (Wildman–Crippen LogP) is 3.65. The van der Waals surface area contributed by atoms with E-state index in [0.717, 1.165) is 16.9 Å². The molecule has 0 saturated heterocycles. The lowest BCUT2D eigenvalue weighted by atomic mass is 10.1. The fourth-order valence-corrected chi connectivity index (χ4v) is 2.82. The van der Waals surface area contributed by atoms with Crippen LogP contribution in [0.15, 0.2) is 79.0 Å². The Morgan fingerprint density at radius 1 is 0.931 bits per heavy atom. The first kappa shape index (κ1) is 20.1. The van der Waals surface area contributed by atoms with Crippen LogP contribution >= 0.6 is 0 Å². The summed E-state index contributed by atoms with van der Waals surface area (Å²) in [5, 5.41) is 5.60. The highest BCUT2D eigenvalue weighted by Gasteiger charge is 2.11. The minimum Gasteiger partial charge on any atom is -0.337 e. The molecule has 6 nitrogen and oxygen atoms in total. The lowest BCUT2D eigenvalue weighted by molar-refractivity contribution is -0.117. The van der Waals surface area contributed by atoms with Crippen molar-refractivity contribution >= 4 is 23.3 Å². The first-order valence-corrected chi connectivity index (χ1v) is 9.47. The zero-order valence-electron chi connectivity index (χ0n) is 16.3. The van der Waals surface area contributed by atoms with Gasteiger partial charge in [-0.15, -0.1) is 0 Å². The molecule has 0 unspecified atom stereocenters. The van der Waals surface area contributed by atoms with Gasteiger partial charge in [0.1, 0.15) is 0 Å². The maximum Gasteiger partial charge on any atom is 0.319 e. The van der Waals surface area contributed by atoms with Gasteiger partial charge in [0.2, 0.25) is 5.91 Å². The molecule has 0 bridgehead atoms. The van der Waals surface area contributed by atoms with Gasteiger partial charge in [-0.05, 0) is 42.0 Å². The summed E-state index contributed by atoms with van der Waals surface area (Å²) < 4.78 is 0. The van der Waals surface area contributed by atoms with Crippen molar-refractivity contribution in [3.63, 3.8) is 0 Å². The summed E-state index contributed by atoms with van der Waals surface area (Å²) in [7, 11) is 1.77. The molecule has 0 spiro atoms. The smallest absolute Gasteiger partial charge is 0.319 e. The molecule has 0 aliphatic carbocycles. The van der Waals surface area contributed by atoms with E-state index in [-0.39, 0.29) is 11.9 Å². The highest BCUT2D eigenvalue weighted by Crippen LogP contribution is 2.15. The van der Waals surface area contributed by atoms with Crippen LogP contribution in [0.2, 0.25) is 0 Å². The van der Waals surface area contributed by atoms with E-state index in [1.807, 2.05) is 60.7 Å². The van der Waals surface area contributed by atoms with E-state index < -0.39 is 0 Å². The quantitative estimate of drug-likeness (QED) is 0.649. The summed E-state index contributed by atoms with van der Waals surface area (Å²) in [5.74, 6) is 0.00386. The predicted molar refractivity (Wildman–Crippen MR) is 115 cm³/mol. The molecule has 29 heavy (non-hydrogen) atoms. The summed E-state index contributed by atoms with van der Waals surface area (Å²) in [6.07, 6.45) is 2.70. The van der Waals surface area contributed by atoms with E-state index in [0.29, 0.717) is 25.1 Å². The number of hydrogen-bond acceptors (Lipinski definition) is 3. The minimum atomic E-state index is -0.270. The Morgan fingerprint density at radius 3 is 2.34 bits per heavy atom. The van der Waals surface area contributed by atoms with Crippen LogP contribution in [-0.4, -0.2) is 30.5 Å². The molecule has 2 N–H and O–H groups in total. The van der Waals surface area contributed by atoms with Crippen molar-refractivity contribution in [2.75, 3.05) is 23.8 Å². The van der Waals surface area contributed by atoms with Gasteiger partial charge in [-0.1, -0.05) is 36.4 Å². The average Bonchev–Trinajstić information content (AvgIpc) is 2.76. The number of carbonyl (C=O) groups is 2. The van der Waals surface area contributed by atoms with Crippen molar-refractivity contribution in [3.05, 3.63) is 90.3 Å². The van der Waals surface area contributed by atoms with Crippen LogP contribution in [0.3, 0.4) is 0 Å². The number of amides is 3. The molecule has 3 aromatic rings. The third-order valence-corrected chi connectivity index (χ3v) is 4.48. The van der Waals surface area contributed by atoms with E-state index in [2.05, 4.69) is 15.6 Å². The second kappa shape index (κ2) is 10.0. The fraction of sp³-hybridized carbons (Fsp3) is 0.174. The summed E-state index contributed by atoms with van der Waals surface area (Å²) in [6.45, 7) is 0.501. The minimum absolute atomic E-state index is 0.00386. The van der Waals surface area contributed by atoms with Gasteiger partial charge >= 0.3 is 6.03 Å². The number of hydrogen-bond donors (Lipinski definition) is 2. The van der Waals surface area contributed by atoms with Crippen LogP contribution in [0, 0.1) is 0 Å². The maximum atomic E-state index is 12.5. The first-order chi connectivity index (χ1) is 14.1. The monoisotopic (exact) mass is 388 g/mol. The highest BCUT2D eigenvalue weighted by atomic mass is 16.2. The normalized spacial score (nSPS) is 10.2. The van der Waals surface area contributed by atoms with E-state index in [4.69, 9.17) is 0 Å². The number of anilines is 2. The molecular weight excluding hydrogens is 364 g/mol. The molecule has 0 aliphatic heterocycles. The molecule has 3 amide bonds. The number of nitrogens with one attached hydrogen (secondary N) is 2. The van der Waals surface area contributed by atoms with E-state index in [1.54, 1.807) is 30.3 Å². The first-order valence-electron chi connectivity index (χ1n) is 9.47. The number of rotatable bonds is 7. The average molecular weight is 388 g/mol. The molecule has 148 valence electrons. The molecule has 1 heterocycles. The molecule has 0 atom stereocenters. The van der Waals surface area contributed by atoms with Crippen molar-refractivity contribution in [2.24, 2.45) is 0 Å². The number of urea groups is 1. The van der Waals surface area contributed by atoms with Gasteiger partial charge in [0.15, 0.2) is 0 Å². The largest absolute Gasteiger partial charge is 0.337 e. The van der Waals surface area contributed by atoms with Gasteiger partial charge in [-0.25, -0.2) is 4.79 Å². The lowest BCUT2D eigenvalue weighted by Crippen LogP contribution is -2.30. The number of likely N-dealkylation sites (N-methyl/N-ethyl adjacent to an activating group) is 1. The number of benzene rings is 2. The van der Waals surface area contributed by atoms with Crippen molar-refractivity contribution in [1.82, 2.24) is 10.3 Å². The summed E-state index contributed by atoms with van der Waals surface area (Å²) in [5.41, 5.74) is 3.35. The number of aromatic nitrogens is 1. The zero-order valence-corrected chi connectivity index (χ0v) is 16.3. The summed E-state index contributed by atoms with van der Waals surface area (Å²) in [6, 6.07) is 22.3. The van der Waals surface area contributed by atoms with E-state index in [1.165, 1.54) is 0 Å². The number of pyridine rings is 1. The van der Waals surface area contributed by atoms with Gasteiger partial charge in [0, 0.05) is 43.3 Å². The standard InChI is InChI=1S/C23H24N4O2/c1-27(21-8-3-2-4-9-21)22(28)17-18-10-12-20(13-11-18)26-23(29)25-16-14-19-7-5-6-15-24-19/h2-13,15H,14,16-17H2,1H3,(H2,25,26,29). The molecule has 0 radical (unpaired) electrons. The Hall–Kier alpha value is -3.67. The third-order valence-electron chi connectivity index (χ3n) is 4.48. The van der Waals surface area contributed by atoms with Crippen molar-refractivity contribution < 1.29 is 9.59 Å². The third kappa shape index (κ3) is 6.17. The van der Waals surface area contributed by atoms with Crippen molar-refractivity contribution in [2.45, 2.75) is 12.8 Å². The molecule has 6 heteroatoms. The Balaban J connectivity index is 1.45. The Kier molecular flexibility index (Phi) is 6.95. The van der Waals surface area contributed by atoms with Crippen LogP contribution in [-0.2, 0) is 17.6 Å². The molecule has 0 aliphatic rings. The molecule has 3 rings (SSSR count). The van der Waals surface area contributed by atoms with Crippen LogP contribution in [0.4, 0.5) is 16.2 Å². The number of carbonyl (C=O) groups excluding carboxylic acids is 2. The molecule has 2 aromatic carbocycles. The second-order valence-electron chi connectivity index (χ2n) is 6.61. The van der Waals surface area contributed by atoms with Gasteiger partial charge in [0.25, 0.3) is 0 Å². The molecule has 1 aromatic heterocycles. The van der Waals surface area contributed by atoms with Crippen LogP contribution in [0.25, 0.3) is 0 Å². The summed E-state index contributed by atoms with van der Waals surface area (Å²) in [4.78, 5) is 30.3. The van der Waals surface area contributed by atoms with Gasteiger partial charge in [-0.2, -0.15) is 0 Å². The van der Waals surface area contributed by atoms with Gasteiger partial charge in [-0.3, -0.25) is 9.78 Å². The summed E-state index contributed by atoms with van der Waals surface area (Å²) >= 11 is 0. The van der Waals surface area contributed by atoms with Crippen molar-refractivity contribution in [1.29, 1.82) is 0 Å². The molecule has 0 saturated carbocycles.